The Balaban J connectivity index is 0.000000388. The molecule has 0 fully saturated rings. The minimum absolute atomic E-state index is 1.01. The fraction of sp³-hybridized carbons (Fsp3) is 0.684. The zero-order valence-corrected chi connectivity index (χ0v) is 13.6. The van der Waals surface area contributed by atoms with E-state index in [1.807, 2.05) is 18.2 Å². The van der Waals surface area contributed by atoms with E-state index in [0.717, 1.165) is 5.92 Å². The van der Waals surface area contributed by atoms with Crippen molar-refractivity contribution in [2.75, 3.05) is 0 Å². The fourth-order valence-corrected chi connectivity index (χ4v) is 2.27. The van der Waals surface area contributed by atoms with Crippen molar-refractivity contribution in [2.24, 2.45) is 5.92 Å². The van der Waals surface area contributed by atoms with Crippen LogP contribution in [-0.2, 0) is 0 Å². The monoisotopic (exact) mass is 262 g/mol. The summed E-state index contributed by atoms with van der Waals surface area (Å²) in [4.78, 5) is 0. The molecular formula is C19H34. The van der Waals surface area contributed by atoms with Gasteiger partial charge in [-0.15, -0.1) is 0 Å². The Morgan fingerprint density at radius 2 is 1.37 bits per heavy atom. The summed E-state index contributed by atoms with van der Waals surface area (Å²) in [6, 6.07) is 10.3. The molecule has 0 nitrogen and oxygen atoms in total. The first-order valence-corrected chi connectivity index (χ1v) is 8.26. The van der Waals surface area contributed by atoms with Gasteiger partial charge in [0.2, 0.25) is 0 Å². The van der Waals surface area contributed by atoms with Crippen LogP contribution in [0.3, 0.4) is 0 Å². The van der Waals surface area contributed by atoms with Gasteiger partial charge in [-0.2, -0.15) is 0 Å². The lowest BCUT2D eigenvalue weighted by Crippen LogP contribution is -1.96. The molecule has 0 aliphatic carbocycles. The molecular weight excluding hydrogens is 228 g/mol. The second-order valence-corrected chi connectivity index (χ2v) is 5.54. The predicted molar refractivity (Wildman–Crippen MR) is 88.6 cm³/mol. The molecule has 1 aromatic rings. The first-order chi connectivity index (χ1) is 9.24. The number of hydrogen-bond acceptors (Lipinski definition) is 0. The van der Waals surface area contributed by atoms with Gasteiger partial charge in [0, 0.05) is 0 Å². The predicted octanol–water partition coefficient (Wildman–Crippen LogP) is 6.78. The molecule has 0 N–H and O–H groups in total. The second-order valence-electron chi connectivity index (χ2n) is 5.54. The highest BCUT2D eigenvalue weighted by molar-refractivity contribution is 5.11. The Morgan fingerprint density at radius 1 is 0.789 bits per heavy atom. The SMILES string of the molecule is CCCCCCCC(CC)CC.Cc1ccccc1. The third-order valence-electron chi connectivity index (χ3n) is 3.81. The standard InChI is InChI=1S/C12H26.C7H8/c1-4-7-8-9-10-11-12(5-2)6-3;1-7-5-3-2-4-6-7/h12H,4-11H2,1-3H3;2-6H,1H3. The average molecular weight is 262 g/mol. The van der Waals surface area contributed by atoms with Crippen LogP contribution in [0.15, 0.2) is 30.3 Å². The van der Waals surface area contributed by atoms with Crippen molar-refractivity contribution in [1.29, 1.82) is 0 Å². The molecule has 0 saturated heterocycles. The molecule has 110 valence electrons. The normalized spacial score (nSPS) is 10.2. The van der Waals surface area contributed by atoms with Gasteiger partial charge in [0.05, 0.1) is 0 Å². The van der Waals surface area contributed by atoms with Gasteiger partial charge >= 0.3 is 0 Å². The van der Waals surface area contributed by atoms with Gasteiger partial charge < -0.3 is 0 Å². The molecule has 1 aromatic carbocycles. The first kappa shape index (κ1) is 18.2. The van der Waals surface area contributed by atoms with E-state index in [1.165, 1.54) is 56.9 Å². The van der Waals surface area contributed by atoms with E-state index in [4.69, 9.17) is 0 Å². The van der Waals surface area contributed by atoms with Crippen molar-refractivity contribution in [1.82, 2.24) is 0 Å². The molecule has 0 heteroatoms. The van der Waals surface area contributed by atoms with Crippen molar-refractivity contribution in [2.45, 2.75) is 79.1 Å². The Labute approximate surface area is 121 Å². The molecule has 0 spiro atoms. The highest BCUT2D eigenvalue weighted by Gasteiger charge is 2.01. The summed E-state index contributed by atoms with van der Waals surface area (Å²) in [5.74, 6) is 1.01. The zero-order valence-electron chi connectivity index (χ0n) is 13.6. The molecule has 0 radical (unpaired) electrons. The molecule has 0 atom stereocenters. The summed E-state index contributed by atoms with van der Waals surface area (Å²) < 4.78 is 0. The van der Waals surface area contributed by atoms with Crippen LogP contribution in [0.2, 0.25) is 0 Å². The van der Waals surface area contributed by atoms with Crippen LogP contribution in [-0.4, -0.2) is 0 Å². The molecule has 0 saturated carbocycles. The first-order valence-electron chi connectivity index (χ1n) is 8.26. The summed E-state index contributed by atoms with van der Waals surface area (Å²) in [5, 5.41) is 0. The van der Waals surface area contributed by atoms with E-state index in [0.29, 0.717) is 0 Å². The Kier molecular flexibility index (Phi) is 13.1. The minimum Gasteiger partial charge on any atom is -0.0654 e. The van der Waals surface area contributed by atoms with Gasteiger partial charge in [-0.05, 0) is 12.8 Å². The maximum atomic E-state index is 2.32. The lowest BCUT2D eigenvalue weighted by Gasteiger charge is -2.10. The van der Waals surface area contributed by atoms with E-state index < -0.39 is 0 Å². The van der Waals surface area contributed by atoms with Crippen LogP contribution in [0.25, 0.3) is 0 Å². The summed E-state index contributed by atoms with van der Waals surface area (Å²) in [6.07, 6.45) is 11.4. The summed E-state index contributed by atoms with van der Waals surface area (Å²) in [5.41, 5.74) is 1.32. The maximum absolute atomic E-state index is 2.32. The molecule has 0 aliphatic rings. The molecule has 0 amide bonds. The van der Waals surface area contributed by atoms with Crippen LogP contribution in [0.5, 0.6) is 0 Å². The molecule has 0 aliphatic heterocycles. The average Bonchev–Trinajstić information content (AvgIpc) is 2.44. The summed E-state index contributed by atoms with van der Waals surface area (Å²) in [7, 11) is 0. The van der Waals surface area contributed by atoms with Crippen molar-refractivity contribution in [3.05, 3.63) is 35.9 Å². The van der Waals surface area contributed by atoms with Crippen LogP contribution >= 0.6 is 0 Å². The zero-order chi connectivity index (χ0) is 14.3. The lowest BCUT2D eigenvalue weighted by atomic mass is 9.96. The van der Waals surface area contributed by atoms with Crippen LogP contribution in [0.4, 0.5) is 0 Å². The highest BCUT2D eigenvalue weighted by atomic mass is 14.1. The van der Waals surface area contributed by atoms with Gasteiger partial charge in [-0.3, -0.25) is 0 Å². The number of rotatable bonds is 8. The van der Waals surface area contributed by atoms with Crippen LogP contribution < -0.4 is 0 Å². The Bertz CT molecular complexity index is 259. The smallest absolute Gasteiger partial charge is 0.0398 e. The van der Waals surface area contributed by atoms with Crippen molar-refractivity contribution >= 4 is 0 Å². The van der Waals surface area contributed by atoms with E-state index in [1.54, 1.807) is 0 Å². The van der Waals surface area contributed by atoms with Gasteiger partial charge in [0.15, 0.2) is 0 Å². The molecule has 0 heterocycles. The number of benzene rings is 1. The lowest BCUT2D eigenvalue weighted by molar-refractivity contribution is 0.428. The Hall–Kier alpha value is -0.780. The van der Waals surface area contributed by atoms with Crippen molar-refractivity contribution in [3.8, 4) is 0 Å². The van der Waals surface area contributed by atoms with Crippen LogP contribution in [0.1, 0.15) is 77.7 Å². The number of aryl methyl sites for hydroxylation is 1. The molecule has 0 aromatic heterocycles. The third kappa shape index (κ3) is 12.0. The minimum atomic E-state index is 1.01. The van der Waals surface area contributed by atoms with Gasteiger partial charge in [-0.1, -0.05) is 108 Å². The molecule has 0 unspecified atom stereocenters. The van der Waals surface area contributed by atoms with E-state index in [2.05, 4.69) is 39.8 Å². The van der Waals surface area contributed by atoms with Crippen molar-refractivity contribution < 1.29 is 0 Å². The number of unbranched alkanes of at least 4 members (excludes halogenated alkanes) is 4. The fourth-order valence-electron chi connectivity index (χ4n) is 2.27. The second kappa shape index (κ2) is 13.6. The largest absolute Gasteiger partial charge is 0.0654 e. The van der Waals surface area contributed by atoms with Crippen molar-refractivity contribution in [3.63, 3.8) is 0 Å². The van der Waals surface area contributed by atoms with Gasteiger partial charge in [-0.25, -0.2) is 0 Å². The Morgan fingerprint density at radius 3 is 1.79 bits per heavy atom. The van der Waals surface area contributed by atoms with Gasteiger partial charge in [0.25, 0.3) is 0 Å². The van der Waals surface area contributed by atoms with E-state index in [9.17, 15) is 0 Å². The summed E-state index contributed by atoms with van der Waals surface area (Å²) in [6.45, 7) is 9.00. The topological polar surface area (TPSA) is 0 Å². The van der Waals surface area contributed by atoms with E-state index >= 15 is 0 Å². The molecule has 1 rings (SSSR count). The summed E-state index contributed by atoms with van der Waals surface area (Å²) >= 11 is 0. The quantitative estimate of drug-likeness (QED) is 0.453. The third-order valence-corrected chi connectivity index (χ3v) is 3.81. The van der Waals surface area contributed by atoms with Gasteiger partial charge in [0.1, 0.15) is 0 Å². The molecule has 19 heavy (non-hydrogen) atoms. The highest BCUT2D eigenvalue weighted by Crippen LogP contribution is 2.17. The van der Waals surface area contributed by atoms with E-state index in [-0.39, 0.29) is 0 Å². The molecule has 0 bridgehead atoms. The van der Waals surface area contributed by atoms with Crippen LogP contribution in [0, 0.1) is 12.8 Å². The maximum Gasteiger partial charge on any atom is -0.0398 e. The number of hydrogen-bond donors (Lipinski definition) is 0.